The molecule has 0 saturated carbocycles. The second-order valence-electron chi connectivity index (χ2n) is 5.71. The summed E-state index contributed by atoms with van der Waals surface area (Å²) in [7, 11) is 0.733. The number of fused-ring (bicyclic) bond motifs is 1. The number of benzene rings is 2. The van der Waals surface area contributed by atoms with Gasteiger partial charge in [-0.05, 0) is 48.3 Å². The van der Waals surface area contributed by atoms with Crippen molar-refractivity contribution in [2.45, 2.75) is 26.1 Å². The third kappa shape index (κ3) is 2.76. The lowest BCUT2D eigenvalue weighted by atomic mass is 9.80. The molecule has 4 rings (SSSR count). The molecule has 24 heavy (non-hydrogen) atoms. The van der Waals surface area contributed by atoms with E-state index >= 15 is 0 Å². The molecule has 1 fully saturated rings. The van der Waals surface area contributed by atoms with Gasteiger partial charge in [-0.25, -0.2) is 0 Å². The first-order valence-electron chi connectivity index (χ1n) is 7.73. The Balaban J connectivity index is 1.56. The fraction of sp³-hybridized carbons (Fsp3) is 0.294. The van der Waals surface area contributed by atoms with Gasteiger partial charge in [-0.3, -0.25) is 0 Å². The molecule has 1 saturated heterocycles. The molecule has 0 radical (unpaired) electrons. The van der Waals surface area contributed by atoms with E-state index in [0.717, 1.165) is 16.6 Å². The van der Waals surface area contributed by atoms with E-state index in [9.17, 15) is 5.02 Å². The first-order chi connectivity index (χ1) is 11.6. The number of hydrogen-bond acceptors (Lipinski definition) is 6. The molecular weight excluding hydrogens is 311 g/mol. The van der Waals surface area contributed by atoms with Gasteiger partial charge in [0.05, 0.1) is 13.7 Å². The predicted molar refractivity (Wildman–Crippen MR) is 86.3 cm³/mol. The molecule has 2 aliphatic heterocycles. The van der Waals surface area contributed by atoms with Crippen molar-refractivity contribution >= 4 is 12.6 Å². The molecule has 6 nitrogen and oxygen atoms in total. The lowest BCUT2D eigenvalue weighted by Gasteiger charge is -2.34. The highest BCUT2D eigenvalue weighted by Gasteiger charge is 2.29. The maximum Gasteiger partial charge on any atom is 0.491 e. The molecule has 7 heteroatoms. The highest BCUT2D eigenvalue weighted by molar-refractivity contribution is 6.61. The van der Waals surface area contributed by atoms with E-state index in [1.54, 1.807) is 19.2 Å². The zero-order valence-corrected chi connectivity index (χ0v) is 13.4. The van der Waals surface area contributed by atoms with Gasteiger partial charge in [0, 0.05) is 5.56 Å². The summed E-state index contributed by atoms with van der Waals surface area (Å²) in [5.41, 5.74) is 2.57. The first kappa shape index (κ1) is 15.5. The molecule has 0 aromatic heterocycles. The summed E-state index contributed by atoms with van der Waals surface area (Å²) < 4.78 is 27.5. The molecule has 2 aliphatic rings. The Bertz CT molecular complexity index is 759. The summed E-state index contributed by atoms with van der Waals surface area (Å²) in [6.45, 7) is 2.22. The second kappa shape index (κ2) is 6.10. The van der Waals surface area contributed by atoms with Crippen LogP contribution >= 0.6 is 0 Å². The molecule has 0 atom stereocenters. The number of hydrogen-bond donors (Lipinski definition) is 1. The minimum Gasteiger partial charge on any atom is -0.493 e. The molecule has 1 N–H and O–H groups in total. The Morgan fingerprint density at radius 3 is 2.71 bits per heavy atom. The SMILES string of the molecule is COc1cc(C2OC(C)O2)ccc1Oc1ccc2c(c1)COB2O. The van der Waals surface area contributed by atoms with Gasteiger partial charge in [0.2, 0.25) is 0 Å². The number of ether oxygens (including phenoxy) is 4. The van der Waals surface area contributed by atoms with Gasteiger partial charge in [-0.15, -0.1) is 0 Å². The largest absolute Gasteiger partial charge is 0.493 e. The van der Waals surface area contributed by atoms with E-state index in [1.165, 1.54) is 0 Å². The summed E-state index contributed by atoms with van der Waals surface area (Å²) in [6, 6.07) is 11.0. The van der Waals surface area contributed by atoms with Gasteiger partial charge in [0.25, 0.3) is 0 Å². The van der Waals surface area contributed by atoms with Crippen molar-refractivity contribution < 1.29 is 28.6 Å². The second-order valence-corrected chi connectivity index (χ2v) is 5.71. The van der Waals surface area contributed by atoms with Crippen molar-refractivity contribution in [1.82, 2.24) is 0 Å². The summed E-state index contributed by atoms with van der Waals surface area (Å²) in [4.78, 5) is 0. The van der Waals surface area contributed by atoms with Crippen LogP contribution < -0.4 is 14.9 Å². The predicted octanol–water partition coefficient (Wildman–Crippen LogP) is 2.10. The van der Waals surface area contributed by atoms with E-state index in [-0.39, 0.29) is 12.6 Å². The summed E-state index contributed by atoms with van der Waals surface area (Å²) in [5, 5.41) is 9.67. The van der Waals surface area contributed by atoms with E-state index < -0.39 is 7.12 Å². The van der Waals surface area contributed by atoms with Gasteiger partial charge in [0.1, 0.15) is 5.75 Å². The van der Waals surface area contributed by atoms with Crippen LogP contribution in [-0.4, -0.2) is 25.5 Å². The van der Waals surface area contributed by atoms with Crippen LogP contribution in [0.3, 0.4) is 0 Å². The number of methoxy groups -OCH3 is 1. The van der Waals surface area contributed by atoms with E-state index in [0.29, 0.717) is 23.9 Å². The van der Waals surface area contributed by atoms with Crippen LogP contribution in [0.1, 0.15) is 24.3 Å². The maximum atomic E-state index is 9.67. The van der Waals surface area contributed by atoms with E-state index in [2.05, 4.69) is 0 Å². The third-order valence-electron chi connectivity index (χ3n) is 4.10. The van der Waals surface area contributed by atoms with Gasteiger partial charge >= 0.3 is 7.12 Å². The van der Waals surface area contributed by atoms with Crippen LogP contribution in [0.2, 0.25) is 0 Å². The van der Waals surface area contributed by atoms with Gasteiger partial charge in [-0.1, -0.05) is 6.07 Å². The smallest absolute Gasteiger partial charge is 0.491 e. The number of rotatable bonds is 4. The average molecular weight is 328 g/mol. The fourth-order valence-corrected chi connectivity index (χ4v) is 2.83. The molecule has 2 aromatic carbocycles. The molecule has 2 heterocycles. The van der Waals surface area contributed by atoms with Crippen molar-refractivity contribution in [2.75, 3.05) is 7.11 Å². The Hall–Kier alpha value is -2.06. The lowest BCUT2D eigenvalue weighted by molar-refractivity contribution is -0.382. The normalized spacial score (nSPS) is 22.0. The van der Waals surface area contributed by atoms with Crippen molar-refractivity contribution in [3.8, 4) is 17.2 Å². The zero-order chi connectivity index (χ0) is 16.7. The average Bonchev–Trinajstić information content (AvgIpc) is 2.93. The quantitative estimate of drug-likeness (QED) is 0.867. The summed E-state index contributed by atoms with van der Waals surface area (Å²) in [5.74, 6) is 1.84. The molecule has 0 amide bonds. The summed E-state index contributed by atoms with van der Waals surface area (Å²) >= 11 is 0. The Morgan fingerprint density at radius 1 is 1.12 bits per heavy atom. The molecule has 124 valence electrons. The Labute approximate surface area is 140 Å². The van der Waals surface area contributed by atoms with Crippen molar-refractivity contribution in [1.29, 1.82) is 0 Å². The molecule has 0 aliphatic carbocycles. The lowest BCUT2D eigenvalue weighted by Crippen LogP contribution is -2.31. The molecule has 0 spiro atoms. The van der Waals surface area contributed by atoms with Crippen molar-refractivity contribution in [3.05, 3.63) is 47.5 Å². The Kier molecular flexibility index (Phi) is 3.94. The standard InChI is InChI=1S/C17H17BO6/c1-10-22-17(23-10)11-3-6-15(16(8-11)20-2)24-13-4-5-14-12(7-13)9-21-18(14)19/h3-8,10,17,19H,9H2,1-2H3. The van der Waals surface area contributed by atoms with Crippen molar-refractivity contribution in [2.24, 2.45) is 0 Å². The minimum absolute atomic E-state index is 0.180. The van der Waals surface area contributed by atoms with Crippen LogP contribution in [-0.2, 0) is 20.7 Å². The molecule has 2 aromatic rings. The Morgan fingerprint density at radius 2 is 1.96 bits per heavy atom. The van der Waals surface area contributed by atoms with Crippen LogP contribution in [0.25, 0.3) is 0 Å². The molecular formula is C17H17BO6. The highest BCUT2D eigenvalue weighted by atomic mass is 16.9. The first-order valence-corrected chi connectivity index (χ1v) is 7.73. The topological polar surface area (TPSA) is 66.4 Å². The monoisotopic (exact) mass is 328 g/mol. The highest BCUT2D eigenvalue weighted by Crippen LogP contribution is 2.38. The fourth-order valence-electron chi connectivity index (χ4n) is 2.83. The third-order valence-corrected chi connectivity index (χ3v) is 4.10. The van der Waals surface area contributed by atoms with Crippen LogP contribution in [0.5, 0.6) is 17.2 Å². The molecule has 0 unspecified atom stereocenters. The van der Waals surface area contributed by atoms with Gasteiger partial charge < -0.3 is 28.6 Å². The molecule has 0 bridgehead atoms. The van der Waals surface area contributed by atoms with Crippen molar-refractivity contribution in [3.63, 3.8) is 0 Å². The van der Waals surface area contributed by atoms with Gasteiger partial charge in [-0.2, -0.15) is 0 Å². The summed E-state index contributed by atoms with van der Waals surface area (Å²) in [6.07, 6.45) is -0.539. The van der Waals surface area contributed by atoms with Gasteiger partial charge in [0.15, 0.2) is 24.1 Å². The van der Waals surface area contributed by atoms with Crippen LogP contribution in [0, 0.1) is 0 Å². The van der Waals surface area contributed by atoms with Crippen LogP contribution in [0.15, 0.2) is 36.4 Å². The van der Waals surface area contributed by atoms with E-state index in [1.807, 2.05) is 31.2 Å². The maximum absolute atomic E-state index is 9.67. The minimum atomic E-state index is -0.854. The van der Waals surface area contributed by atoms with Crippen LogP contribution in [0.4, 0.5) is 0 Å². The van der Waals surface area contributed by atoms with E-state index in [4.69, 9.17) is 23.6 Å². The zero-order valence-electron chi connectivity index (χ0n) is 13.4.